The molecule has 20 heavy (non-hydrogen) atoms. The molecule has 0 aromatic rings. The number of nitrogens with one attached hydrogen (secondary N) is 3. The van der Waals surface area contributed by atoms with Gasteiger partial charge in [-0.05, 0) is 26.7 Å². The Bertz CT molecular complexity index is 314. The molecule has 0 aliphatic rings. The van der Waals surface area contributed by atoms with Crippen LogP contribution in [0.2, 0.25) is 0 Å². The number of alkyl carbamates (subject to hydrolysis) is 1. The van der Waals surface area contributed by atoms with E-state index >= 15 is 0 Å². The summed E-state index contributed by atoms with van der Waals surface area (Å²) in [6.45, 7) is 10.2. The Kier molecular flexibility index (Phi) is 10.9. The molecule has 1 amide bonds. The van der Waals surface area contributed by atoms with Gasteiger partial charge in [0.15, 0.2) is 5.96 Å². The number of carbonyl (C=O) groups excluding carboxylic acids is 1. The summed E-state index contributed by atoms with van der Waals surface area (Å²) in [5.41, 5.74) is -0.486. The van der Waals surface area contributed by atoms with Crippen molar-refractivity contribution < 1.29 is 9.53 Å². The van der Waals surface area contributed by atoms with Crippen LogP contribution in [0.4, 0.5) is 4.79 Å². The quantitative estimate of drug-likeness (QED) is 0.383. The second kappa shape index (κ2) is 10.1. The van der Waals surface area contributed by atoms with Crippen LogP contribution in [-0.2, 0) is 4.74 Å². The second-order valence-corrected chi connectivity index (χ2v) is 5.70. The Hall–Kier alpha value is -0.730. The number of guanidine groups is 1. The standard InChI is InChI=1S/C13H28N4O2.HI/c1-9(2)10(8-16-11(14-6)15-7)17-12(18)19-13(3,4)5;/h9-10H,8H2,1-7H3,(H,17,18)(H2,14,15,16);1H. The number of rotatable bonds is 4. The van der Waals surface area contributed by atoms with Crippen LogP contribution in [0.3, 0.4) is 0 Å². The van der Waals surface area contributed by atoms with Crippen molar-refractivity contribution in [3.05, 3.63) is 0 Å². The number of nitrogens with zero attached hydrogens (tertiary/aromatic N) is 1. The maximum absolute atomic E-state index is 11.8. The van der Waals surface area contributed by atoms with E-state index in [0.29, 0.717) is 12.5 Å². The summed E-state index contributed by atoms with van der Waals surface area (Å²) in [5, 5.41) is 8.94. The number of halogens is 1. The summed E-state index contributed by atoms with van der Waals surface area (Å²) in [7, 11) is 3.49. The van der Waals surface area contributed by atoms with Crippen LogP contribution in [-0.4, -0.2) is 44.3 Å². The highest BCUT2D eigenvalue weighted by atomic mass is 127. The van der Waals surface area contributed by atoms with Gasteiger partial charge in [-0.1, -0.05) is 13.8 Å². The Morgan fingerprint density at radius 3 is 2.20 bits per heavy atom. The third kappa shape index (κ3) is 10.1. The van der Waals surface area contributed by atoms with E-state index in [1.165, 1.54) is 0 Å². The summed E-state index contributed by atoms with van der Waals surface area (Å²) in [4.78, 5) is 15.8. The maximum Gasteiger partial charge on any atom is 0.407 e. The molecular weight excluding hydrogens is 371 g/mol. The zero-order valence-corrected chi connectivity index (χ0v) is 15.9. The lowest BCUT2D eigenvalue weighted by molar-refractivity contribution is 0.0491. The lowest BCUT2D eigenvalue weighted by Gasteiger charge is -2.26. The lowest BCUT2D eigenvalue weighted by Crippen LogP contribution is -2.49. The molecule has 0 aliphatic carbocycles. The van der Waals surface area contributed by atoms with Crippen molar-refractivity contribution in [3.63, 3.8) is 0 Å². The van der Waals surface area contributed by atoms with Gasteiger partial charge in [-0.3, -0.25) is 4.99 Å². The molecule has 0 rings (SSSR count). The smallest absolute Gasteiger partial charge is 0.407 e. The van der Waals surface area contributed by atoms with Crippen LogP contribution in [0.1, 0.15) is 34.6 Å². The number of hydrogen-bond donors (Lipinski definition) is 3. The molecule has 3 N–H and O–H groups in total. The van der Waals surface area contributed by atoms with Crippen molar-refractivity contribution in [1.29, 1.82) is 0 Å². The predicted octanol–water partition coefficient (Wildman–Crippen LogP) is 1.95. The fraction of sp³-hybridized carbons (Fsp3) is 0.846. The molecule has 1 unspecified atom stereocenters. The minimum Gasteiger partial charge on any atom is -0.444 e. The molecule has 0 radical (unpaired) electrons. The zero-order chi connectivity index (χ0) is 15.1. The second-order valence-electron chi connectivity index (χ2n) is 5.70. The van der Waals surface area contributed by atoms with E-state index in [-0.39, 0.29) is 35.9 Å². The van der Waals surface area contributed by atoms with E-state index in [0.717, 1.165) is 0 Å². The topological polar surface area (TPSA) is 74.8 Å². The molecule has 0 saturated heterocycles. The van der Waals surface area contributed by atoms with E-state index in [2.05, 4.69) is 20.9 Å². The van der Waals surface area contributed by atoms with Crippen LogP contribution in [0.5, 0.6) is 0 Å². The number of amides is 1. The number of carbonyl (C=O) groups is 1. The van der Waals surface area contributed by atoms with Gasteiger partial charge in [0, 0.05) is 20.6 Å². The molecule has 120 valence electrons. The summed E-state index contributed by atoms with van der Waals surface area (Å²) < 4.78 is 5.25. The van der Waals surface area contributed by atoms with E-state index < -0.39 is 11.7 Å². The largest absolute Gasteiger partial charge is 0.444 e. The van der Waals surface area contributed by atoms with Gasteiger partial charge < -0.3 is 20.7 Å². The third-order valence-corrected chi connectivity index (χ3v) is 2.46. The molecule has 0 saturated carbocycles. The van der Waals surface area contributed by atoms with Crippen LogP contribution >= 0.6 is 24.0 Å². The fourth-order valence-electron chi connectivity index (χ4n) is 1.40. The van der Waals surface area contributed by atoms with E-state index in [1.54, 1.807) is 14.1 Å². The highest BCUT2D eigenvalue weighted by molar-refractivity contribution is 14.0. The molecule has 0 heterocycles. The monoisotopic (exact) mass is 400 g/mol. The summed E-state index contributed by atoms with van der Waals surface area (Å²) >= 11 is 0. The van der Waals surface area contributed by atoms with Crippen LogP contribution < -0.4 is 16.0 Å². The van der Waals surface area contributed by atoms with Gasteiger partial charge >= 0.3 is 6.09 Å². The number of hydrogen-bond acceptors (Lipinski definition) is 3. The zero-order valence-electron chi connectivity index (χ0n) is 13.5. The minimum absolute atomic E-state index is 0. The SMILES string of the molecule is CN=C(NC)NCC(NC(=O)OC(C)(C)C)C(C)C.I. The molecule has 0 aromatic heterocycles. The summed E-state index contributed by atoms with van der Waals surface area (Å²) in [6, 6.07) is -0.0278. The van der Waals surface area contributed by atoms with Crippen LogP contribution in [0.25, 0.3) is 0 Å². The molecule has 6 nitrogen and oxygen atoms in total. The number of aliphatic imine (C=N–C) groups is 1. The minimum atomic E-state index is -0.486. The summed E-state index contributed by atoms with van der Waals surface area (Å²) in [5.74, 6) is 0.978. The maximum atomic E-state index is 11.8. The van der Waals surface area contributed by atoms with Crippen molar-refractivity contribution in [2.75, 3.05) is 20.6 Å². The molecule has 0 aliphatic heterocycles. The van der Waals surface area contributed by atoms with Gasteiger partial charge in [-0.15, -0.1) is 24.0 Å². The first-order valence-electron chi connectivity index (χ1n) is 6.57. The molecule has 7 heteroatoms. The Morgan fingerprint density at radius 2 is 1.85 bits per heavy atom. The first-order valence-corrected chi connectivity index (χ1v) is 6.57. The molecule has 0 spiro atoms. The van der Waals surface area contributed by atoms with E-state index in [1.807, 2.05) is 34.6 Å². The van der Waals surface area contributed by atoms with Gasteiger partial charge in [-0.25, -0.2) is 4.79 Å². The first-order chi connectivity index (χ1) is 8.69. The van der Waals surface area contributed by atoms with E-state index in [9.17, 15) is 4.79 Å². The Balaban J connectivity index is 0. The van der Waals surface area contributed by atoms with Crippen LogP contribution in [0.15, 0.2) is 4.99 Å². The van der Waals surface area contributed by atoms with Gasteiger partial charge in [0.2, 0.25) is 0 Å². The number of ether oxygens (including phenoxy) is 1. The molecule has 1 atom stereocenters. The van der Waals surface area contributed by atoms with Gasteiger partial charge in [-0.2, -0.15) is 0 Å². The average molecular weight is 400 g/mol. The van der Waals surface area contributed by atoms with Gasteiger partial charge in [0.1, 0.15) is 5.60 Å². The fourth-order valence-corrected chi connectivity index (χ4v) is 1.40. The average Bonchev–Trinajstić information content (AvgIpc) is 2.25. The van der Waals surface area contributed by atoms with Gasteiger partial charge in [0.25, 0.3) is 0 Å². The highest BCUT2D eigenvalue weighted by Gasteiger charge is 2.21. The molecule has 0 bridgehead atoms. The molecular formula is C13H29IN4O2. The predicted molar refractivity (Wildman–Crippen MR) is 93.8 cm³/mol. The van der Waals surface area contributed by atoms with E-state index in [4.69, 9.17) is 4.74 Å². The van der Waals surface area contributed by atoms with Crippen LogP contribution in [0, 0.1) is 5.92 Å². The lowest BCUT2D eigenvalue weighted by atomic mass is 10.0. The Labute approximate surface area is 139 Å². The third-order valence-electron chi connectivity index (χ3n) is 2.46. The molecule has 0 aromatic carbocycles. The molecule has 0 fully saturated rings. The van der Waals surface area contributed by atoms with Crippen molar-refractivity contribution in [3.8, 4) is 0 Å². The van der Waals surface area contributed by atoms with Crippen molar-refractivity contribution in [1.82, 2.24) is 16.0 Å². The van der Waals surface area contributed by atoms with Gasteiger partial charge in [0.05, 0.1) is 6.04 Å². The first kappa shape index (κ1) is 21.6. The summed E-state index contributed by atoms with van der Waals surface area (Å²) in [6.07, 6.45) is -0.396. The highest BCUT2D eigenvalue weighted by Crippen LogP contribution is 2.08. The Morgan fingerprint density at radius 1 is 1.30 bits per heavy atom. The normalized spacial score (nSPS) is 13.3. The van der Waals surface area contributed by atoms with Crippen molar-refractivity contribution in [2.24, 2.45) is 10.9 Å². The van der Waals surface area contributed by atoms with Crippen molar-refractivity contribution in [2.45, 2.75) is 46.3 Å². The van der Waals surface area contributed by atoms with Crippen molar-refractivity contribution >= 4 is 36.0 Å².